The Bertz CT molecular complexity index is 1290. The summed E-state index contributed by atoms with van der Waals surface area (Å²) in [6, 6.07) is 11.8. The summed E-state index contributed by atoms with van der Waals surface area (Å²) >= 11 is 0. The van der Waals surface area contributed by atoms with E-state index in [0.29, 0.717) is 22.8 Å². The van der Waals surface area contributed by atoms with Crippen molar-refractivity contribution in [2.75, 3.05) is 14.2 Å². The molecule has 0 atom stereocenters. The number of rotatable bonds is 4. The fraction of sp³-hybridized carbons (Fsp3) is 0.217. The van der Waals surface area contributed by atoms with Crippen molar-refractivity contribution in [3.63, 3.8) is 0 Å². The van der Waals surface area contributed by atoms with Gasteiger partial charge in [0.25, 0.3) is 5.56 Å². The maximum absolute atomic E-state index is 13.2. The Morgan fingerprint density at radius 2 is 1.83 bits per heavy atom. The first-order valence-corrected chi connectivity index (χ1v) is 9.63. The van der Waals surface area contributed by atoms with Crippen LogP contribution in [0.4, 0.5) is 0 Å². The minimum atomic E-state index is -0.154. The number of hydrogen-bond donors (Lipinski definition) is 0. The third kappa shape index (κ3) is 2.88. The highest BCUT2D eigenvalue weighted by atomic mass is 16.5. The number of benzene rings is 2. The van der Waals surface area contributed by atoms with Crippen LogP contribution in [0.25, 0.3) is 22.6 Å². The average Bonchev–Trinajstić information content (AvgIpc) is 3.40. The Labute approximate surface area is 168 Å². The number of imidazole rings is 1. The van der Waals surface area contributed by atoms with Crippen molar-refractivity contribution in [2.24, 2.45) is 0 Å². The predicted molar refractivity (Wildman–Crippen MR) is 111 cm³/mol. The van der Waals surface area contributed by atoms with Gasteiger partial charge in [0, 0.05) is 29.8 Å². The number of aryl methyl sites for hydroxylation is 2. The number of hydrogen-bond acceptors (Lipinski definition) is 4. The summed E-state index contributed by atoms with van der Waals surface area (Å²) in [4.78, 5) is 17.8. The third-order valence-corrected chi connectivity index (χ3v) is 5.56. The van der Waals surface area contributed by atoms with E-state index < -0.39 is 0 Å². The van der Waals surface area contributed by atoms with Crippen molar-refractivity contribution in [3.8, 4) is 28.4 Å². The van der Waals surface area contributed by atoms with Crippen molar-refractivity contribution in [3.05, 3.63) is 76.5 Å². The fourth-order valence-electron chi connectivity index (χ4n) is 4.03. The van der Waals surface area contributed by atoms with E-state index in [1.807, 2.05) is 36.7 Å². The van der Waals surface area contributed by atoms with Crippen LogP contribution < -0.4 is 15.0 Å². The van der Waals surface area contributed by atoms with Gasteiger partial charge in [0.15, 0.2) is 0 Å². The van der Waals surface area contributed by atoms with Crippen LogP contribution in [-0.4, -0.2) is 28.2 Å². The molecule has 0 radical (unpaired) electrons. The standard InChI is InChI=1S/C23H21N3O3/c1-28-18-8-9-21(29-2)19(13-18)20-14-25-10-11-26(23(27)22(25)24-20)17-7-6-15-4-3-5-16(15)12-17/h6-14H,3-5H2,1-2H3. The lowest BCUT2D eigenvalue weighted by molar-refractivity contribution is 0.404. The van der Waals surface area contributed by atoms with E-state index >= 15 is 0 Å². The molecule has 29 heavy (non-hydrogen) atoms. The maximum Gasteiger partial charge on any atom is 0.298 e. The molecule has 0 amide bonds. The minimum Gasteiger partial charge on any atom is -0.497 e. The molecular weight excluding hydrogens is 366 g/mol. The van der Waals surface area contributed by atoms with Gasteiger partial charge in [-0.2, -0.15) is 0 Å². The van der Waals surface area contributed by atoms with E-state index in [-0.39, 0.29) is 5.56 Å². The molecule has 1 aliphatic rings. The molecule has 1 aliphatic carbocycles. The molecule has 146 valence electrons. The molecule has 5 rings (SSSR count). The van der Waals surface area contributed by atoms with Gasteiger partial charge in [0.2, 0.25) is 5.65 Å². The number of ether oxygens (including phenoxy) is 2. The quantitative estimate of drug-likeness (QED) is 0.536. The van der Waals surface area contributed by atoms with Crippen molar-refractivity contribution in [1.82, 2.24) is 14.0 Å². The lowest BCUT2D eigenvalue weighted by Crippen LogP contribution is -2.20. The maximum atomic E-state index is 13.2. The Kier molecular flexibility index (Phi) is 4.12. The summed E-state index contributed by atoms with van der Waals surface area (Å²) in [5, 5.41) is 0. The summed E-state index contributed by atoms with van der Waals surface area (Å²) in [5.41, 5.74) is 5.24. The minimum absolute atomic E-state index is 0.154. The van der Waals surface area contributed by atoms with Gasteiger partial charge in [-0.3, -0.25) is 9.36 Å². The van der Waals surface area contributed by atoms with E-state index in [1.54, 1.807) is 29.4 Å². The normalized spacial score (nSPS) is 12.9. The van der Waals surface area contributed by atoms with Crippen molar-refractivity contribution in [1.29, 1.82) is 0 Å². The first-order chi connectivity index (χ1) is 14.2. The fourth-order valence-corrected chi connectivity index (χ4v) is 4.03. The Hall–Kier alpha value is -3.54. The monoisotopic (exact) mass is 387 g/mol. The molecule has 6 heteroatoms. The highest BCUT2D eigenvalue weighted by molar-refractivity contribution is 5.71. The van der Waals surface area contributed by atoms with Crippen LogP contribution in [0.2, 0.25) is 0 Å². The zero-order valence-electron chi connectivity index (χ0n) is 16.4. The second-order valence-electron chi connectivity index (χ2n) is 7.20. The molecule has 0 bridgehead atoms. The van der Waals surface area contributed by atoms with Gasteiger partial charge < -0.3 is 13.9 Å². The first-order valence-electron chi connectivity index (χ1n) is 9.63. The molecular formula is C23H21N3O3. The molecule has 0 saturated carbocycles. The second-order valence-corrected chi connectivity index (χ2v) is 7.20. The summed E-state index contributed by atoms with van der Waals surface area (Å²) in [6.07, 6.45) is 8.85. The van der Waals surface area contributed by atoms with Crippen LogP contribution in [-0.2, 0) is 12.8 Å². The van der Waals surface area contributed by atoms with Crippen molar-refractivity contribution < 1.29 is 9.47 Å². The lowest BCUT2D eigenvalue weighted by atomic mass is 10.1. The van der Waals surface area contributed by atoms with E-state index in [1.165, 1.54) is 17.5 Å². The smallest absolute Gasteiger partial charge is 0.298 e. The van der Waals surface area contributed by atoms with E-state index in [0.717, 1.165) is 24.1 Å². The molecule has 6 nitrogen and oxygen atoms in total. The first kappa shape index (κ1) is 17.6. The highest BCUT2D eigenvalue weighted by Gasteiger charge is 2.16. The van der Waals surface area contributed by atoms with Gasteiger partial charge in [-0.25, -0.2) is 4.98 Å². The van der Waals surface area contributed by atoms with Crippen LogP contribution >= 0.6 is 0 Å². The summed E-state index contributed by atoms with van der Waals surface area (Å²) in [5.74, 6) is 1.38. The van der Waals surface area contributed by atoms with Crippen LogP contribution in [0.5, 0.6) is 11.5 Å². The predicted octanol–water partition coefficient (Wildman–Crippen LogP) is 3.66. The van der Waals surface area contributed by atoms with Gasteiger partial charge in [-0.05, 0) is 60.7 Å². The zero-order valence-corrected chi connectivity index (χ0v) is 16.4. The molecule has 2 aromatic heterocycles. The third-order valence-electron chi connectivity index (χ3n) is 5.56. The molecule has 4 aromatic rings. The zero-order chi connectivity index (χ0) is 20.0. The molecule has 2 heterocycles. The molecule has 0 saturated heterocycles. The highest BCUT2D eigenvalue weighted by Crippen LogP contribution is 2.32. The van der Waals surface area contributed by atoms with Crippen LogP contribution in [0.15, 0.2) is 59.8 Å². The summed E-state index contributed by atoms with van der Waals surface area (Å²) < 4.78 is 14.2. The number of fused-ring (bicyclic) bond motifs is 2. The molecule has 0 aliphatic heterocycles. The van der Waals surface area contributed by atoms with Crippen molar-refractivity contribution >= 4 is 5.65 Å². The Balaban J connectivity index is 1.64. The largest absolute Gasteiger partial charge is 0.497 e. The van der Waals surface area contributed by atoms with E-state index in [4.69, 9.17) is 9.47 Å². The average molecular weight is 387 g/mol. The molecule has 0 N–H and O–H groups in total. The Morgan fingerprint density at radius 1 is 0.966 bits per heavy atom. The molecule has 0 unspecified atom stereocenters. The SMILES string of the molecule is COc1ccc(OC)c(-c2cn3ccn(-c4ccc5c(c4)CCC5)c(=O)c3n2)c1. The van der Waals surface area contributed by atoms with E-state index in [9.17, 15) is 4.79 Å². The lowest BCUT2D eigenvalue weighted by Gasteiger charge is -2.08. The van der Waals surface area contributed by atoms with E-state index in [2.05, 4.69) is 17.1 Å². The number of methoxy groups -OCH3 is 2. The van der Waals surface area contributed by atoms with Crippen LogP contribution in [0.1, 0.15) is 17.5 Å². The van der Waals surface area contributed by atoms with Crippen LogP contribution in [0, 0.1) is 0 Å². The number of aromatic nitrogens is 3. The van der Waals surface area contributed by atoms with Gasteiger partial charge in [0.1, 0.15) is 11.5 Å². The Morgan fingerprint density at radius 3 is 2.66 bits per heavy atom. The number of nitrogens with zero attached hydrogens (tertiary/aromatic N) is 3. The molecule has 0 fully saturated rings. The van der Waals surface area contributed by atoms with Crippen molar-refractivity contribution in [2.45, 2.75) is 19.3 Å². The second kappa shape index (κ2) is 6.81. The van der Waals surface area contributed by atoms with Crippen LogP contribution in [0.3, 0.4) is 0 Å². The van der Waals surface area contributed by atoms with Gasteiger partial charge in [-0.15, -0.1) is 0 Å². The molecule has 0 spiro atoms. The van der Waals surface area contributed by atoms with Gasteiger partial charge in [0.05, 0.1) is 19.9 Å². The summed E-state index contributed by atoms with van der Waals surface area (Å²) in [6.45, 7) is 0. The topological polar surface area (TPSA) is 57.8 Å². The molecule has 2 aromatic carbocycles. The van der Waals surface area contributed by atoms with Gasteiger partial charge >= 0.3 is 0 Å². The summed E-state index contributed by atoms with van der Waals surface area (Å²) in [7, 11) is 3.23. The van der Waals surface area contributed by atoms with Gasteiger partial charge in [-0.1, -0.05) is 6.07 Å².